The van der Waals surface area contributed by atoms with E-state index < -0.39 is 11.8 Å². The van der Waals surface area contributed by atoms with Crippen molar-refractivity contribution >= 4 is 33.9 Å². The molecular weight excluding hydrogens is 417 g/mol. The second-order valence-corrected chi connectivity index (χ2v) is 6.30. The lowest BCUT2D eigenvalue weighted by atomic mass is 10.1. The first-order valence-electron chi connectivity index (χ1n) is 7.92. The smallest absolute Gasteiger partial charge is 0.363 e. The molecule has 0 N–H and O–H groups in total. The Morgan fingerprint density at radius 1 is 1.33 bits per heavy atom. The molecule has 2 aromatic rings. The number of hydrogen-bond donors (Lipinski definition) is 0. The molecule has 0 saturated carbocycles. The van der Waals surface area contributed by atoms with Gasteiger partial charge in [0.1, 0.15) is 12.4 Å². The van der Waals surface area contributed by atoms with E-state index in [0.29, 0.717) is 28.1 Å². The minimum Gasteiger partial charge on any atom is -0.493 e. The van der Waals surface area contributed by atoms with Gasteiger partial charge in [-0.3, -0.25) is 0 Å². The van der Waals surface area contributed by atoms with Crippen LogP contribution in [0.25, 0.3) is 6.08 Å². The number of benzene rings is 2. The van der Waals surface area contributed by atoms with Gasteiger partial charge in [-0.2, -0.15) is 0 Å². The van der Waals surface area contributed by atoms with Gasteiger partial charge >= 0.3 is 5.97 Å². The Kier molecular flexibility index (Phi) is 5.71. The van der Waals surface area contributed by atoms with E-state index in [9.17, 15) is 9.18 Å². The van der Waals surface area contributed by atoms with E-state index in [1.165, 1.54) is 25.3 Å². The molecule has 0 saturated heterocycles. The maximum Gasteiger partial charge on any atom is 0.363 e. The van der Waals surface area contributed by atoms with E-state index in [-0.39, 0.29) is 17.2 Å². The Morgan fingerprint density at radius 3 is 2.81 bits per heavy atom. The SMILES string of the molecule is C=CCOc1c(Br)cc(C=C2N=C(c3ccccc3F)OC2=O)cc1OC. The highest BCUT2D eigenvalue weighted by Crippen LogP contribution is 2.37. The Hall–Kier alpha value is -2.93. The molecule has 3 rings (SSSR count). The summed E-state index contributed by atoms with van der Waals surface area (Å²) < 4.78 is 30.5. The van der Waals surface area contributed by atoms with Gasteiger partial charge in [0.15, 0.2) is 17.2 Å². The third-order valence-electron chi connectivity index (χ3n) is 3.63. The number of esters is 1. The van der Waals surface area contributed by atoms with Crippen LogP contribution in [0.5, 0.6) is 11.5 Å². The molecule has 138 valence electrons. The van der Waals surface area contributed by atoms with Crippen molar-refractivity contribution in [1.29, 1.82) is 0 Å². The van der Waals surface area contributed by atoms with Crippen molar-refractivity contribution in [3.8, 4) is 11.5 Å². The normalized spacial score (nSPS) is 14.7. The summed E-state index contributed by atoms with van der Waals surface area (Å²) in [6.45, 7) is 3.93. The molecule has 1 aliphatic heterocycles. The molecule has 2 aromatic carbocycles. The van der Waals surface area contributed by atoms with Crippen LogP contribution in [0.15, 0.2) is 64.2 Å². The van der Waals surface area contributed by atoms with Gasteiger partial charge in [0.25, 0.3) is 0 Å². The van der Waals surface area contributed by atoms with Gasteiger partial charge in [-0.15, -0.1) is 0 Å². The molecule has 5 nitrogen and oxygen atoms in total. The second kappa shape index (κ2) is 8.18. The summed E-state index contributed by atoms with van der Waals surface area (Å²) in [5.41, 5.74) is 0.818. The first-order valence-corrected chi connectivity index (χ1v) is 8.71. The summed E-state index contributed by atoms with van der Waals surface area (Å²) in [4.78, 5) is 16.2. The summed E-state index contributed by atoms with van der Waals surface area (Å²) >= 11 is 3.42. The lowest BCUT2D eigenvalue weighted by Gasteiger charge is -2.12. The van der Waals surface area contributed by atoms with Crippen molar-refractivity contribution in [3.05, 3.63) is 76.2 Å². The number of carbonyl (C=O) groups excluding carboxylic acids is 1. The molecule has 0 aliphatic carbocycles. The minimum absolute atomic E-state index is 0.0574. The number of cyclic esters (lactones) is 1. The lowest BCUT2D eigenvalue weighted by molar-refractivity contribution is -0.129. The fourth-order valence-electron chi connectivity index (χ4n) is 2.42. The molecule has 7 heteroatoms. The number of carbonyl (C=O) groups is 1. The van der Waals surface area contributed by atoms with E-state index in [0.717, 1.165) is 0 Å². The van der Waals surface area contributed by atoms with Crippen LogP contribution >= 0.6 is 15.9 Å². The van der Waals surface area contributed by atoms with E-state index in [1.54, 1.807) is 30.3 Å². The van der Waals surface area contributed by atoms with Gasteiger partial charge in [0.2, 0.25) is 5.90 Å². The lowest BCUT2D eigenvalue weighted by Crippen LogP contribution is -2.07. The predicted octanol–water partition coefficient (Wildman–Crippen LogP) is 4.51. The van der Waals surface area contributed by atoms with Crippen molar-refractivity contribution in [2.24, 2.45) is 4.99 Å². The third kappa shape index (κ3) is 4.09. The number of ether oxygens (including phenoxy) is 3. The number of hydrogen-bond acceptors (Lipinski definition) is 5. The summed E-state index contributed by atoms with van der Waals surface area (Å²) in [5, 5.41) is 0. The minimum atomic E-state index is -0.657. The van der Waals surface area contributed by atoms with Gasteiger partial charge in [-0.25, -0.2) is 14.2 Å². The zero-order chi connectivity index (χ0) is 19.4. The molecule has 0 unspecified atom stereocenters. The topological polar surface area (TPSA) is 57.1 Å². The number of aliphatic imine (C=N–C) groups is 1. The maximum absolute atomic E-state index is 13.9. The fraction of sp³-hybridized carbons (Fsp3) is 0.100. The first kappa shape index (κ1) is 18.8. The van der Waals surface area contributed by atoms with Gasteiger partial charge in [0, 0.05) is 0 Å². The molecule has 0 amide bonds. The molecule has 0 radical (unpaired) electrons. The van der Waals surface area contributed by atoms with Gasteiger partial charge in [-0.1, -0.05) is 24.8 Å². The predicted molar refractivity (Wildman–Crippen MR) is 103 cm³/mol. The molecule has 0 aromatic heterocycles. The van der Waals surface area contributed by atoms with Crippen LogP contribution in [-0.4, -0.2) is 25.6 Å². The summed E-state index contributed by atoms with van der Waals surface area (Å²) in [7, 11) is 1.51. The van der Waals surface area contributed by atoms with Crippen LogP contribution in [0.3, 0.4) is 0 Å². The molecule has 1 aliphatic rings. The van der Waals surface area contributed by atoms with E-state index in [2.05, 4.69) is 27.5 Å². The van der Waals surface area contributed by atoms with Crippen molar-refractivity contribution in [1.82, 2.24) is 0 Å². The van der Waals surface area contributed by atoms with Crippen LogP contribution in [0.2, 0.25) is 0 Å². The second-order valence-electron chi connectivity index (χ2n) is 5.45. The molecule has 0 fully saturated rings. The first-order chi connectivity index (χ1) is 13.0. The number of methoxy groups -OCH3 is 1. The Balaban J connectivity index is 1.96. The summed E-state index contributed by atoms with van der Waals surface area (Å²) in [6.07, 6.45) is 3.15. The monoisotopic (exact) mass is 431 g/mol. The average molecular weight is 432 g/mol. The molecule has 0 spiro atoms. The standard InChI is InChI=1S/C20H15BrFNO4/c1-3-8-26-18-14(21)9-12(11-17(18)25-2)10-16-20(24)27-19(23-16)13-6-4-5-7-15(13)22/h3-7,9-11H,1,8H2,2H3. The molecule has 1 heterocycles. The van der Waals surface area contributed by atoms with E-state index in [4.69, 9.17) is 14.2 Å². The Morgan fingerprint density at radius 2 is 2.11 bits per heavy atom. The largest absolute Gasteiger partial charge is 0.493 e. The van der Waals surface area contributed by atoms with Crippen molar-refractivity contribution in [2.45, 2.75) is 0 Å². The molecule has 0 atom stereocenters. The highest BCUT2D eigenvalue weighted by molar-refractivity contribution is 9.10. The Labute approximate surface area is 163 Å². The van der Waals surface area contributed by atoms with Gasteiger partial charge in [0.05, 0.1) is 17.1 Å². The van der Waals surface area contributed by atoms with Crippen LogP contribution in [0.4, 0.5) is 4.39 Å². The number of rotatable bonds is 6. The van der Waals surface area contributed by atoms with Crippen molar-refractivity contribution in [3.63, 3.8) is 0 Å². The Bertz CT molecular complexity index is 968. The molecule has 0 bridgehead atoms. The highest BCUT2D eigenvalue weighted by atomic mass is 79.9. The van der Waals surface area contributed by atoms with Gasteiger partial charge < -0.3 is 14.2 Å². The zero-order valence-corrected chi connectivity index (χ0v) is 16.0. The van der Waals surface area contributed by atoms with Crippen molar-refractivity contribution < 1.29 is 23.4 Å². The zero-order valence-electron chi connectivity index (χ0n) is 14.4. The van der Waals surface area contributed by atoms with Gasteiger partial charge in [-0.05, 0) is 51.8 Å². The van der Waals surface area contributed by atoms with Crippen LogP contribution in [0.1, 0.15) is 11.1 Å². The summed E-state index contributed by atoms with van der Waals surface area (Å²) in [6, 6.07) is 9.40. The van der Waals surface area contributed by atoms with Crippen LogP contribution < -0.4 is 9.47 Å². The number of nitrogens with zero attached hydrogens (tertiary/aromatic N) is 1. The third-order valence-corrected chi connectivity index (χ3v) is 4.21. The van der Waals surface area contributed by atoms with Crippen molar-refractivity contribution in [2.75, 3.05) is 13.7 Å². The van der Waals surface area contributed by atoms with Crippen LogP contribution in [0, 0.1) is 5.82 Å². The molecule has 27 heavy (non-hydrogen) atoms. The quantitative estimate of drug-likeness (QED) is 0.383. The van der Waals surface area contributed by atoms with E-state index >= 15 is 0 Å². The summed E-state index contributed by atoms with van der Waals surface area (Å²) in [5.74, 6) is -0.248. The number of halogens is 2. The van der Waals surface area contributed by atoms with Crippen LogP contribution in [-0.2, 0) is 9.53 Å². The fourth-order valence-corrected chi connectivity index (χ4v) is 3.00. The maximum atomic E-state index is 13.9. The van der Waals surface area contributed by atoms with E-state index in [1.807, 2.05) is 0 Å². The molecular formula is C20H15BrFNO4. The highest BCUT2D eigenvalue weighted by Gasteiger charge is 2.26. The average Bonchev–Trinajstić information content (AvgIpc) is 3.01.